The van der Waals surface area contributed by atoms with Gasteiger partial charge in [-0.25, -0.2) is 0 Å². The van der Waals surface area contributed by atoms with Gasteiger partial charge in [-0.15, -0.1) is 0 Å². The van der Waals surface area contributed by atoms with Crippen molar-refractivity contribution in [2.45, 2.75) is 20.3 Å². The molecule has 2 rings (SSSR count). The standard InChI is InChI=1S/C15H23N3O3/c1-3-5-16-14(19)11-17-6-8-18(9-7-17)15(20)13-4-10-21-12(13)2/h4,10H,3,5-9,11H2,1-2H3,(H,16,19). The quantitative estimate of drug-likeness (QED) is 0.875. The normalized spacial score (nSPS) is 16.0. The second-order valence-electron chi connectivity index (χ2n) is 5.31. The summed E-state index contributed by atoms with van der Waals surface area (Å²) in [6, 6.07) is 1.71. The van der Waals surface area contributed by atoms with Crippen LogP contribution in [0.1, 0.15) is 29.5 Å². The van der Waals surface area contributed by atoms with Crippen LogP contribution in [0, 0.1) is 6.92 Å². The highest BCUT2D eigenvalue weighted by atomic mass is 16.3. The zero-order valence-corrected chi connectivity index (χ0v) is 12.7. The number of hydrogen-bond donors (Lipinski definition) is 1. The third kappa shape index (κ3) is 4.07. The van der Waals surface area contributed by atoms with Crippen molar-refractivity contribution in [3.63, 3.8) is 0 Å². The van der Waals surface area contributed by atoms with E-state index in [1.54, 1.807) is 13.0 Å². The minimum atomic E-state index is 0.0105. The summed E-state index contributed by atoms with van der Waals surface area (Å²) >= 11 is 0. The molecule has 0 spiro atoms. The Morgan fingerprint density at radius 2 is 2.00 bits per heavy atom. The Bertz CT molecular complexity index is 490. The minimum absolute atomic E-state index is 0.0105. The number of nitrogens with zero attached hydrogens (tertiary/aromatic N) is 2. The fraction of sp³-hybridized carbons (Fsp3) is 0.600. The van der Waals surface area contributed by atoms with Crippen LogP contribution in [0.3, 0.4) is 0 Å². The molecule has 1 aliphatic rings. The number of piperazine rings is 1. The van der Waals surface area contributed by atoms with Crippen molar-refractivity contribution >= 4 is 11.8 Å². The number of carbonyl (C=O) groups excluding carboxylic acids is 2. The van der Waals surface area contributed by atoms with Crippen LogP contribution < -0.4 is 5.32 Å². The third-order valence-corrected chi connectivity index (χ3v) is 3.69. The van der Waals surface area contributed by atoms with E-state index in [1.165, 1.54) is 6.26 Å². The first kappa shape index (κ1) is 15.6. The average Bonchev–Trinajstić information content (AvgIpc) is 2.91. The Morgan fingerprint density at radius 1 is 1.29 bits per heavy atom. The monoisotopic (exact) mass is 293 g/mol. The summed E-state index contributed by atoms with van der Waals surface area (Å²) in [6.45, 7) is 7.69. The van der Waals surface area contributed by atoms with E-state index in [-0.39, 0.29) is 11.8 Å². The summed E-state index contributed by atoms with van der Waals surface area (Å²) in [5.74, 6) is 0.722. The van der Waals surface area contributed by atoms with Gasteiger partial charge in [-0.05, 0) is 19.4 Å². The SMILES string of the molecule is CCCNC(=O)CN1CCN(C(=O)c2ccoc2C)CC1. The first-order valence-corrected chi connectivity index (χ1v) is 7.44. The molecule has 6 heteroatoms. The molecule has 0 unspecified atom stereocenters. The van der Waals surface area contributed by atoms with Crippen molar-refractivity contribution in [3.8, 4) is 0 Å². The van der Waals surface area contributed by atoms with Crippen LogP contribution in [0.15, 0.2) is 16.7 Å². The third-order valence-electron chi connectivity index (χ3n) is 3.69. The lowest BCUT2D eigenvalue weighted by Crippen LogP contribution is -2.51. The maximum Gasteiger partial charge on any atom is 0.257 e. The molecule has 1 aromatic rings. The number of aryl methyl sites for hydroxylation is 1. The zero-order valence-electron chi connectivity index (χ0n) is 12.7. The van der Waals surface area contributed by atoms with Crippen LogP contribution in [0.5, 0.6) is 0 Å². The summed E-state index contributed by atoms with van der Waals surface area (Å²) in [5, 5.41) is 2.87. The van der Waals surface area contributed by atoms with E-state index in [4.69, 9.17) is 4.42 Å². The molecular formula is C15H23N3O3. The summed E-state index contributed by atoms with van der Waals surface area (Å²) in [5.41, 5.74) is 0.629. The van der Waals surface area contributed by atoms with Crippen molar-refractivity contribution < 1.29 is 14.0 Å². The Labute approximate surface area is 125 Å². The van der Waals surface area contributed by atoms with Crippen molar-refractivity contribution in [2.24, 2.45) is 0 Å². The van der Waals surface area contributed by atoms with Crippen LogP contribution in [0.25, 0.3) is 0 Å². The zero-order chi connectivity index (χ0) is 15.2. The van der Waals surface area contributed by atoms with Crippen LogP contribution in [0.4, 0.5) is 0 Å². The topological polar surface area (TPSA) is 65.8 Å². The smallest absolute Gasteiger partial charge is 0.257 e. The minimum Gasteiger partial charge on any atom is -0.469 e. The molecule has 0 aromatic carbocycles. The molecule has 1 fully saturated rings. The lowest BCUT2D eigenvalue weighted by Gasteiger charge is -2.34. The molecule has 0 atom stereocenters. The number of furan rings is 1. The van der Waals surface area contributed by atoms with Gasteiger partial charge in [-0.3, -0.25) is 14.5 Å². The largest absolute Gasteiger partial charge is 0.469 e. The number of carbonyl (C=O) groups is 2. The van der Waals surface area contributed by atoms with E-state index < -0.39 is 0 Å². The maximum atomic E-state index is 12.3. The number of hydrogen-bond acceptors (Lipinski definition) is 4. The predicted octanol–water partition coefficient (Wildman–Crippen LogP) is 0.872. The van der Waals surface area contributed by atoms with Gasteiger partial charge in [0, 0.05) is 32.7 Å². The van der Waals surface area contributed by atoms with E-state index in [2.05, 4.69) is 10.2 Å². The van der Waals surface area contributed by atoms with Crippen LogP contribution in [-0.4, -0.2) is 60.9 Å². The number of rotatable bonds is 5. The van der Waals surface area contributed by atoms with Crippen LogP contribution in [0.2, 0.25) is 0 Å². The molecule has 0 radical (unpaired) electrons. The Hall–Kier alpha value is -1.82. The van der Waals surface area contributed by atoms with Crippen molar-refractivity contribution in [1.29, 1.82) is 0 Å². The second kappa shape index (κ2) is 7.26. The van der Waals surface area contributed by atoms with Gasteiger partial charge >= 0.3 is 0 Å². The van der Waals surface area contributed by atoms with Crippen LogP contribution in [-0.2, 0) is 4.79 Å². The Kier molecular flexibility index (Phi) is 5.38. The lowest BCUT2D eigenvalue weighted by atomic mass is 10.2. The van der Waals surface area contributed by atoms with Crippen LogP contribution >= 0.6 is 0 Å². The predicted molar refractivity (Wildman–Crippen MR) is 79.1 cm³/mol. The van der Waals surface area contributed by atoms with Gasteiger partial charge in [0.05, 0.1) is 18.4 Å². The molecule has 1 aromatic heterocycles. The molecule has 1 aliphatic heterocycles. The number of nitrogens with one attached hydrogen (secondary N) is 1. The van der Waals surface area contributed by atoms with Crippen molar-refractivity contribution in [2.75, 3.05) is 39.3 Å². The highest BCUT2D eigenvalue weighted by Crippen LogP contribution is 2.13. The molecule has 1 saturated heterocycles. The molecule has 6 nitrogen and oxygen atoms in total. The molecule has 0 saturated carbocycles. The van der Waals surface area contributed by atoms with E-state index in [1.807, 2.05) is 11.8 Å². The van der Waals surface area contributed by atoms with Gasteiger partial charge in [0.1, 0.15) is 5.76 Å². The van der Waals surface area contributed by atoms with E-state index >= 15 is 0 Å². The van der Waals surface area contributed by atoms with Gasteiger partial charge < -0.3 is 14.6 Å². The highest BCUT2D eigenvalue weighted by Gasteiger charge is 2.24. The fourth-order valence-electron chi connectivity index (χ4n) is 2.41. The van der Waals surface area contributed by atoms with Gasteiger partial charge in [0.25, 0.3) is 5.91 Å². The molecule has 1 N–H and O–H groups in total. The Morgan fingerprint density at radius 3 is 2.57 bits per heavy atom. The average molecular weight is 293 g/mol. The fourth-order valence-corrected chi connectivity index (χ4v) is 2.41. The van der Waals surface area contributed by atoms with Gasteiger partial charge in [0.2, 0.25) is 5.91 Å². The van der Waals surface area contributed by atoms with Gasteiger partial charge in [0.15, 0.2) is 0 Å². The summed E-state index contributed by atoms with van der Waals surface area (Å²) in [7, 11) is 0. The maximum absolute atomic E-state index is 12.3. The highest BCUT2D eigenvalue weighted by molar-refractivity contribution is 5.95. The summed E-state index contributed by atoms with van der Waals surface area (Å²) in [6.07, 6.45) is 2.48. The summed E-state index contributed by atoms with van der Waals surface area (Å²) < 4.78 is 5.18. The molecular weight excluding hydrogens is 270 g/mol. The van der Waals surface area contributed by atoms with E-state index in [0.29, 0.717) is 31.0 Å². The number of amides is 2. The second-order valence-corrected chi connectivity index (χ2v) is 5.31. The van der Waals surface area contributed by atoms with E-state index in [9.17, 15) is 9.59 Å². The Balaban J connectivity index is 1.79. The summed E-state index contributed by atoms with van der Waals surface area (Å²) in [4.78, 5) is 27.9. The lowest BCUT2D eigenvalue weighted by molar-refractivity contribution is -0.122. The van der Waals surface area contributed by atoms with Gasteiger partial charge in [-0.2, -0.15) is 0 Å². The van der Waals surface area contributed by atoms with E-state index in [0.717, 1.165) is 26.1 Å². The molecule has 2 amide bonds. The molecule has 0 aliphatic carbocycles. The first-order chi connectivity index (χ1) is 10.1. The van der Waals surface area contributed by atoms with Crippen molar-refractivity contribution in [1.82, 2.24) is 15.1 Å². The first-order valence-electron chi connectivity index (χ1n) is 7.44. The molecule has 2 heterocycles. The van der Waals surface area contributed by atoms with Crippen molar-refractivity contribution in [3.05, 3.63) is 23.7 Å². The molecule has 116 valence electrons. The molecule has 21 heavy (non-hydrogen) atoms. The molecule has 0 bridgehead atoms. The van der Waals surface area contributed by atoms with Gasteiger partial charge in [-0.1, -0.05) is 6.92 Å².